The Labute approximate surface area is 105 Å². The maximum atomic E-state index is 11.8. The zero-order chi connectivity index (χ0) is 13.6. The van der Waals surface area contributed by atoms with Gasteiger partial charge in [-0.1, -0.05) is 13.8 Å². The summed E-state index contributed by atoms with van der Waals surface area (Å²) in [6.07, 6.45) is 1.92. The summed E-state index contributed by atoms with van der Waals surface area (Å²) in [6, 6.07) is 0. The lowest BCUT2D eigenvalue weighted by atomic mass is 10.1. The van der Waals surface area contributed by atoms with Crippen LogP contribution in [0.5, 0.6) is 0 Å². The molecule has 0 aromatic rings. The van der Waals surface area contributed by atoms with Gasteiger partial charge in [0.1, 0.15) is 5.25 Å². The number of hydrogen-bond donors (Lipinski definition) is 1. The molecule has 0 aromatic carbocycles. The molecule has 4 nitrogen and oxygen atoms in total. The van der Waals surface area contributed by atoms with Gasteiger partial charge in [0.05, 0.1) is 5.25 Å². The molecule has 0 aliphatic carbocycles. The van der Waals surface area contributed by atoms with Gasteiger partial charge in [-0.05, 0) is 39.5 Å². The SMILES string of the molecule is CC(C)CCCNC(=O)[C@@H](C)S(=O)(=O)C(C)C. The van der Waals surface area contributed by atoms with Crippen LogP contribution >= 0.6 is 0 Å². The van der Waals surface area contributed by atoms with Crippen molar-refractivity contribution >= 4 is 15.7 Å². The van der Waals surface area contributed by atoms with Crippen LogP contribution in [0, 0.1) is 5.92 Å². The summed E-state index contributed by atoms with van der Waals surface area (Å²) >= 11 is 0. The van der Waals surface area contributed by atoms with Gasteiger partial charge in [-0.25, -0.2) is 8.42 Å². The zero-order valence-electron chi connectivity index (χ0n) is 11.5. The van der Waals surface area contributed by atoms with E-state index in [-0.39, 0.29) is 5.91 Å². The van der Waals surface area contributed by atoms with Crippen molar-refractivity contribution in [3.63, 3.8) is 0 Å². The largest absolute Gasteiger partial charge is 0.355 e. The summed E-state index contributed by atoms with van der Waals surface area (Å²) in [4.78, 5) is 11.6. The molecule has 0 unspecified atom stereocenters. The van der Waals surface area contributed by atoms with Gasteiger partial charge in [-0.3, -0.25) is 4.79 Å². The third-order valence-corrected chi connectivity index (χ3v) is 5.29. The third-order valence-electron chi connectivity index (χ3n) is 2.78. The Balaban J connectivity index is 4.16. The first-order chi connectivity index (χ1) is 7.69. The van der Waals surface area contributed by atoms with Crippen LogP contribution in [0.2, 0.25) is 0 Å². The van der Waals surface area contributed by atoms with Crippen LogP contribution in [-0.4, -0.2) is 31.4 Å². The molecule has 0 rings (SSSR count). The Morgan fingerprint density at radius 3 is 2.06 bits per heavy atom. The van der Waals surface area contributed by atoms with Crippen molar-refractivity contribution in [2.24, 2.45) is 5.92 Å². The fourth-order valence-corrected chi connectivity index (χ4v) is 2.62. The summed E-state index contributed by atoms with van der Waals surface area (Å²) in [6.45, 7) is 9.43. The summed E-state index contributed by atoms with van der Waals surface area (Å²) in [5, 5.41) is 1.21. The van der Waals surface area contributed by atoms with E-state index in [1.807, 2.05) is 0 Å². The van der Waals surface area contributed by atoms with Gasteiger partial charge in [0, 0.05) is 6.54 Å². The molecule has 0 fully saturated rings. The number of carbonyl (C=O) groups excluding carboxylic acids is 1. The van der Waals surface area contributed by atoms with E-state index < -0.39 is 20.3 Å². The van der Waals surface area contributed by atoms with E-state index in [0.717, 1.165) is 12.8 Å². The number of hydrogen-bond acceptors (Lipinski definition) is 3. The topological polar surface area (TPSA) is 63.2 Å². The first kappa shape index (κ1) is 16.4. The summed E-state index contributed by atoms with van der Waals surface area (Å²) in [7, 11) is -3.34. The van der Waals surface area contributed by atoms with E-state index in [0.29, 0.717) is 12.5 Å². The van der Waals surface area contributed by atoms with E-state index >= 15 is 0 Å². The van der Waals surface area contributed by atoms with E-state index in [1.54, 1.807) is 13.8 Å². The van der Waals surface area contributed by atoms with Crippen LogP contribution < -0.4 is 5.32 Å². The van der Waals surface area contributed by atoms with E-state index in [1.165, 1.54) is 6.92 Å². The highest BCUT2D eigenvalue weighted by Crippen LogP contribution is 2.09. The Morgan fingerprint density at radius 2 is 1.65 bits per heavy atom. The van der Waals surface area contributed by atoms with Gasteiger partial charge in [-0.2, -0.15) is 0 Å². The van der Waals surface area contributed by atoms with Crippen molar-refractivity contribution in [1.82, 2.24) is 5.32 Å². The molecule has 0 saturated heterocycles. The lowest BCUT2D eigenvalue weighted by Gasteiger charge is -2.15. The second-order valence-electron chi connectivity index (χ2n) is 5.11. The average molecular weight is 263 g/mol. The van der Waals surface area contributed by atoms with Crippen LogP contribution in [0.4, 0.5) is 0 Å². The maximum Gasteiger partial charge on any atom is 0.238 e. The number of nitrogens with one attached hydrogen (secondary N) is 1. The van der Waals surface area contributed by atoms with Crippen LogP contribution in [0.1, 0.15) is 47.5 Å². The summed E-state index contributed by atoms with van der Waals surface area (Å²) in [5.41, 5.74) is 0. The van der Waals surface area contributed by atoms with Crippen molar-refractivity contribution in [3.8, 4) is 0 Å². The predicted molar refractivity (Wildman–Crippen MR) is 70.6 cm³/mol. The minimum absolute atomic E-state index is 0.387. The normalized spacial score (nSPS) is 14.1. The average Bonchev–Trinajstić information content (AvgIpc) is 2.22. The lowest BCUT2D eigenvalue weighted by molar-refractivity contribution is -0.120. The molecule has 0 radical (unpaired) electrons. The molecule has 1 N–H and O–H groups in total. The molecule has 0 aromatic heterocycles. The quantitative estimate of drug-likeness (QED) is 0.712. The molecule has 1 amide bonds. The van der Waals surface area contributed by atoms with E-state index in [4.69, 9.17) is 0 Å². The lowest BCUT2D eigenvalue weighted by Crippen LogP contribution is -2.41. The molecular formula is C12H25NO3S. The molecule has 1 atom stereocenters. The highest BCUT2D eigenvalue weighted by molar-refractivity contribution is 7.93. The number of sulfone groups is 1. The van der Waals surface area contributed by atoms with Crippen molar-refractivity contribution in [1.29, 1.82) is 0 Å². The molecule has 17 heavy (non-hydrogen) atoms. The van der Waals surface area contributed by atoms with Crippen LogP contribution in [0.15, 0.2) is 0 Å². The molecule has 102 valence electrons. The van der Waals surface area contributed by atoms with Crippen LogP contribution in [-0.2, 0) is 14.6 Å². The monoisotopic (exact) mass is 263 g/mol. The molecule has 0 spiro atoms. The highest BCUT2D eigenvalue weighted by atomic mass is 32.2. The Morgan fingerprint density at radius 1 is 1.12 bits per heavy atom. The first-order valence-electron chi connectivity index (χ1n) is 6.20. The number of rotatable bonds is 7. The molecule has 5 heteroatoms. The Hall–Kier alpha value is -0.580. The molecule has 0 aliphatic heterocycles. The fraction of sp³-hybridized carbons (Fsp3) is 0.917. The van der Waals surface area contributed by atoms with Crippen molar-refractivity contribution in [2.75, 3.05) is 6.54 Å². The Kier molecular flexibility index (Phi) is 6.75. The molecule has 0 aliphatic rings. The van der Waals surface area contributed by atoms with Gasteiger partial charge in [0.25, 0.3) is 0 Å². The van der Waals surface area contributed by atoms with Gasteiger partial charge >= 0.3 is 0 Å². The first-order valence-corrected chi connectivity index (χ1v) is 7.81. The van der Waals surface area contributed by atoms with Crippen molar-refractivity contribution in [3.05, 3.63) is 0 Å². The van der Waals surface area contributed by atoms with Crippen molar-refractivity contribution in [2.45, 2.75) is 58.0 Å². The van der Waals surface area contributed by atoms with E-state index in [2.05, 4.69) is 19.2 Å². The van der Waals surface area contributed by atoms with Crippen LogP contribution in [0.25, 0.3) is 0 Å². The minimum Gasteiger partial charge on any atom is -0.355 e. The maximum absolute atomic E-state index is 11.8. The second kappa shape index (κ2) is 6.99. The van der Waals surface area contributed by atoms with Gasteiger partial charge in [0.15, 0.2) is 9.84 Å². The van der Waals surface area contributed by atoms with Crippen LogP contribution in [0.3, 0.4) is 0 Å². The zero-order valence-corrected chi connectivity index (χ0v) is 12.3. The summed E-state index contributed by atoms with van der Waals surface area (Å²) < 4.78 is 23.5. The standard InChI is InChI=1S/C12H25NO3S/c1-9(2)7-6-8-13-12(14)11(5)17(15,16)10(3)4/h9-11H,6-8H2,1-5H3,(H,13,14)/t11-/m1/s1. The Bertz CT molecular complexity index is 334. The van der Waals surface area contributed by atoms with E-state index in [9.17, 15) is 13.2 Å². The molecule has 0 saturated carbocycles. The molecular weight excluding hydrogens is 238 g/mol. The van der Waals surface area contributed by atoms with Gasteiger partial charge in [-0.15, -0.1) is 0 Å². The van der Waals surface area contributed by atoms with Gasteiger partial charge < -0.3 is 5.32 Å². The number of carbonyl (C=O) groups is 1. The smallest absolute Gasteiger partial charge is 0.238 e. The number of amides is 1. The second-order valence-corrected chi connectivity index (χ2v) is 7.94. The molecule has 0 bridgehead atoms. The minimum atomic E-state index is -3.34. The van der Waals surface area contributed by atoms with Gasteiger partial charge in [0.2, 0.25) is 5.91 Å². The summed E-state index contributed by atoms with van der Waals surface area (Å²) in [5.74, 6) is 0.214. The third kappa shape index (κ3) is 5.52. The highest BCUT2D eigenvalue weighted by Gasteiger charge is 2.30. The molecule has 0 heterocycles. The fourth-order valence-electron chi connectivity index (χ4n) is 1.42. The predicted octanol–water partition coefficient (Wildman–Crippen LogP) is 1.75. The van der Waals surface area contributed by atoms with Crippen molar-refractivity contribution < 1.29 is 13.2 Å².